The highest BCUT2D eigenvalue weighted by Gasteiger charge is 2.56. The lowest BCUT2D eigenvalue weighted by Crippen LogP contribution is -2.54. The molecule has 3 fully saturated rings. The molecule has 2 saturated heterocycles. The van der Waals surface area contributed by atoms with E-state index < -0.39 is 52.5 Å². The molecule has 0 aromatic heterocycles. The van der Waals surface area contributed by atoms with Crippen molar-refractivity contribution >= 4 is 39.5 Å². The van der Waals surface area contributed by atoms with E-state index in [0.29, 0.717) is 37.2 Å². The number of piperidine rings is 1. The number of anilines is 1. The zero-order valence-corrected chi connectivity index (χ0v) is 23.9. The number of hydrogen-bond acceptors (Lipinski definition) is 7. The first-order chi connectivity index (χ1) is 18.2. The molecule has 2 aliphatic heterocycles. The minimum Gasteiger partial charge on any atom is -0.454 e. The SMILES string of the molecule is Cc1ccc(S(=O)(=O)N2CCCCC2)cc1NC(=O)COC(=O)CN1C(=O)N[C@]2(C[C@H](C)CC(C)(C)C2)C1=O. The predicted octanol–water partition coefficient (Wildman–Crippen LogP) is 2.79. The number of hydrogen-bond donors (Lipinski definition) is 2. The Labute approximate surface area is 229 Å². The molecular formula is C27H38N4O7S. The summed E-state index contributed by atoms with van der Waals surface area (Å²) in [5.74, 6) is -1.79. The van der Waals surface area contributed by atoms with E-state index in [1.165, 1.54) is 16.4 Å². The number of ether oxygens (including phenoxy) is 1. The van der Waals surface area contributed by atoms with Crippen LogP contribution in [0.25, 0.3) is 0 Å². The van der Waals surface area contributed by atoms with E-state index in [4.69, 9.17) is 4.74 Å². The van der Waals surface area contributed by atoms with Gasteiger partial charge >= 0.3 is 12.0 Å². The Morgan fingerprint density at radius 2 is 1.82 bits per heavy atom. The van der Waals surface area contributed by atoms with Gasteiger partial charge in [0.2, 0.25) is 10.0 Å². The largest absolute Gasteiger partial charge is 0.454 e. The number of amides is 4. The third kappa shape index (κ3) is 6.27. The Balaban J connectivity index is 1.34. The summed E-state index contributed by atoms with van der Waals surface area (Å²) in [5.41, 5.74) is -0.245. The van der Waals surface area contributed by atoms with Crippen LogP contribution in [0.2, 0.25) is 0 Å². The predicted molar refractivity (Wildman–Crippen MR) is 143 cm³/mol. The molecule has 1 aliphatic carbocycles. The summed E-state index contributed by atoms with van der Waals surface area (Å²) < 4.78 is 32.5. The van der Waals surface area contributed by atoms with Crippen molar-refractivity contribution < 1.29 is 32.3 Å². The Hall–Kier alpha value is -2.99. The molecule has 12 heteroatoms. The van der Waals surface area contributed by atoms with Crippen LogP contribution < -0.4 is 10.6 Å². The van der Waals surface area contributed by atoms with E-state index in [2.05, 4.69) is 24.5 Å². The van der Waals surface area contributed by atoms with E-state index in [1.54, 1.807) is 13.0 Å². The molecule has 0 unspecified atom stereocenters. The monoisotopic (exact) mass is 562 g/mol. The highest BCUT2D eigenvalue weighted by atomic mass is 32.2. The summed E-state index contributed by atoms with van der Waals surface area (Å²) in [4.78, 5) is 51.8. The lowest BCUT2D eigenvalue weighted by Gasteiger charge is -2.43. The molecular weight excluding hydrogens is 524 g/mol. The minimum atomic E-state index is -3.69. The smallest absolute Gasteiger partial charge is 0.326 e. The number of esters is 1. The van der Waals surface area contributed by atoms with Crippen LogP contribution in [0.5, 0.6) is 0 Å². The first-order valence-electron chi connectivity index (χ1n) is 13.4. The summed E-state index contributed by atoms with van der Waals surface area (Å²) in [6.07, 6.45) is 4.53. The number of carbonyl (C=O) groups excluding carboxylic acids is 4. The van der Waals surface area contributed by atoms with Gasteiger partial charge in [0.15, 0.2) is 6.61 Å². The maximum absolute atomic E-state index is 13.2. The van der Waals surface area contributed by atoms with Crippen molar-refractivity contribution in [1.82, 2.24) is 14.5 Å². The lowest BCUT2D eigenvalue weighted by molar-refractivity contribution is -0.150. The van der Waals surface area contributed by atoms with Crippen LogP contribution in [0.4, 0.5) is 10.5 Å². The molecule has 11 nitrogen and oxygen atoms in total. The average Bonchev–Trinajstić information content (AvgIpc) is 3.06. The molecule has 4 rings (SSSR count). The van der Waals surface area contributed by atoms with Crippen molar-refractivity contribution in [2.75, 3.05) is 31.6 Å². The van der Waals surface area contributed by atoms with Crippen molar-refractivity contribution in [2.24, 2.45) is 11.3 Å². The van der Waals surface area contributed by atoms with Gasteiger partial charge in [0, 0.05) is 18.8 Å². The van der Waals surface area contributed by atoms with Crippen molar-refractivity contribution in [3.63, 3.8) is 0 Å². The molecule has 214 valence electrons. The number of urea groups is 1. The van der Waals surface area contributed by atoms with Crippen LogP contribution in [-0.4, -0.2) is 73.2 Å². The summed E-state index contributed by atoms with van der Waals surface area (Å²) in [6, 6.07) is 3.87. The fraction of sp³-hybridized carbons (Fsp3) is 0.630. The number of sulfonamides is 1. The Morgan fingerprint density at radius 1 is 1.13 bits per heavy atom. The second-order valence-electron chi connectivity index (χ2n) is 11.9. The summed E-state index contributed by atoms with van der Waals surface area (Å²) in [7, 11) is -3.69. The fourth-order valence-electron chi connectivity index (χ4n) is 6.31. The molecule has 0 radical (unpaired) electrons. The molecule has 1 aromatic carbocycles. The van der Waals surface area contributed by atoms with Gasteiger partial charge in [0.1, 0.15) is 12.1 Å². The number of aryl methyl sites for hydroxylation is 1. The molecule has 1 saturated carbocycles. The highest BCUT2D eigenvalue weighted by Crippen LogP contribution is 2.46. The maximum Gasteiger partial charge on any atom is 0.326 e. The number of carbonyl (C=O) groups is 4. The number of nitrogens with one attached hydrogen (secondary N) is 2. The molecule has 1 spiro atoms. The van der Waals surface area contributed by atoms with E-state index in [-0.39, 0.29) is 16.2 Å². The second-order valence-corrected chi connectivity index (χ2v) is 13.8. The van der Waals surface area contributed by atoms with Gasteiger partial charge in [-0.2, -0.15) is 4.31 Å². The summed E-state index contributed by atoms with van der Waals surface area (Å²) in [6.45, 7) is 7.54. The standard InChI is InChI=1S/C27H38N4O7S/c1-18-13-26(3,4)17-27(14-18)24(34)31(25(35)29-27)15-23(33)38-16-22(32)28-21-12-20(9-8-19(21)2)39(36,37)30-10-6-5-7-11-30/h8-9,12,18H,5-7,10-11,13-17H2,1-4H3,(H,28,32)(H,29,35)/t18-,27+/m1/s1. The van der Waals surface area contributed by atoms with Crippen LogP contribution in [-0.2, 0) is 29.1 Å². The van der Waals surface area contributed by atoms with Crippen LogP contribution in [0, 0.1) is 18.3 Å². The number of nitrogens with zero attached hydrogens (tertiary/aromatic N) is 2. The van der Waals surface area contributed by atoms with E-state index in [1.807, 2.05) is 6.92 Å². The molecule has 4 amide bonds. The Kier molecular flexibility index (Phi) is 8.09. The van der Waals surface area contributed by atoms with Crippen molar-refractivity contribution in [1.29, 1.82) is 0 Å². The Bertz CT molecular complexity index is 1270. The van der Waals surface area contributed by atoms with E-state index in [0.717, 1.165) is 30.6 Å². The quantitative estimate of drug-likeness (QED) is 0.384. The molecule has 2 atom stereocenters. The van der Waals surface area contributed by atoms with Crippen molar-refractivity contribution in [2.45, 2.75) is 76.7 Å². The third-order valence-corrected chi connectivity index (χ3v) is 9.61. The van der Waals surface area contributed by atoms with E-state index in [9.17, 15) is 27.6 Å². The van der Waals surface area contributed by atoms with Gasteiger partial charge in [-0.3, -0.25) is 19.3 Å². The van der Waals surface area contributed by atoms with Crippen LogP contribution in [0.15, 0.2) is 23.1 Å². The zero-order valence-electron chi connectivity index (χ0n) is 23.0. The van der Waals surface area contributed by atoms with Crippen LogP contribution in [0.3, 0.4) is 0 Å². The topological polar surface area (TPSA) is 142 Å². The van der Waals surface area contributed by atoms with E-state index >= 15 is 0 Å². The van der Waals surface area contributed by atoms with Crippen molar-refractivity contribution in [3.05, 3.63) is 23.8 Å². The molecule has 0 bridgehead atoms. The normalized spacial score (nSPS) is 25.4. The number of benzene rings is 1. The molecule has 39 heavy (non-hydrogen) atoms. The number of imide groups is 1. The second kappa shape index (κ2) is 10.9. The highest BCUT2D eigenvalue weighted by molar-refractivity contribution is 7.89. The third-order valence-electron chi connectivity index (χ3n) is 7.71. The zero-order chi connectivity index (χ0) is 28.6. The first-order valence-corrected chi connectivity index (χ1v) is 14.9. The van der Waals surface area contributed by atoms with Crippen molar-refractivity contribution in [3.8, 4) is 0 Å². The van der Waals surface area contributed by atoms with Gasteiger partial charge in [-0.15, -0.1) is 0 Å². The minimum absolute atomic E-state index is 0.0787. The Morgan fingerprint density at radius 3 is 2.49 bits per heavy atom. The van der Waals surface area contributed by atoms with Crippen LogP contribution >= 0.6 is 0 Å². The van der Waals surface area contributed by atoms with Gasteiger partial charge < -0.3 is 15.4 Å². The lowest BCUT2D eigenvalue weighted by atomic mass is 9.64. The van der Waals surface area contributed by atoms with Gasteiger partial charge in [0.25, 0.3) is 11.8 Å². The fourth-order valence-corrected chi connectivity index (χ4v) is 7.85. The molecule has 2 N–H and O–H groups in total. The van der Waals surface area contributed by atoms with Gasteiger partial charge in [-0.05, 0) is 68.1 Å². The maximum atomic E-state index is 13.2. The molecule has 1 aromatic rings. The average molecular weight is 563 g/mol. The summed E-state index contributed by atoms with van der Waals surface area (Å²) in [5, 5.41) is 5.40. The van der Waals surface area contributed by atoms with Crippen LogP contribution in [0.1, 0.15) is 64.9 Å². The van der Waals surface area contributed by atoms with Gasteiger partial charge in [0.05, 0.1) is 4.90 Å². The van der Waals surface area contributed by atoms with Gasteiger partial charge in [-0.1, -0.05) is 33.3 Å². The molecule has 3 aliphatic rings. The first kappa shape index (κ1) is 29.0. The molecule has 2 heterocycles. The van der Waals surface area contributed by atoms with Gasteiger partial charge in [-0.25, -0.2) is 13.2 Å². The number of rotatable bonds is 7. The summed E-state index contributed by atoms with van der Waals surface area (Å²) >= 11 is 0.